The van der Waals surface area contributed by atoms with Gasteiger partial charge in [0.05, 0.1) is 43.9 Å². The molecule has 2 saturated heterocycles. The predicted molar refractivity (Wildman–Crippen MR) is 116 cm³/mol. The van der Waals surface area contributed by atoms with Gasteiger partial charge in [-0.05, 0) is 42.0 Å². The van der Waals surface area contributed by atoms with Crippen LogP contribution < -0.4 is 4.74 Å². The van der Waals surface area contributed by atoms with E-state index in [4.69, 9.17) is 24.4 Å². The lowest BCUT2D eigenvalue weighted by Crippen LogP contribution is -2.57. The van der Waals surface area contributed by atoms with Gasteiger partial charge in [0.1, 0.15) is 11.9 Å². The van der Waals surface area contributed by atoms with Crippen LogP contribution in [0.1, 0.15) is 34.5 Å². The van der Waals surface area contributed by atoms with E-state index in [9.17, 15) is 20.6 Å². The Labute approximate surface area is 196 Å². The number of carbonyl (C=O) groups excluding carboxylic acids is 1. The van der Waals surface area contributed by atoms with Crippen molar-refractivity contribution in [3.05, 3.63) is 65.2 Å². The zero-order chi connectivity index (χ0) is 24.7. The van der Waals surface area contributed by atoms with E-state index < -0.39 is 40.5 Å². The molecular formula is C25H20N4O5. The van der Waals surface area contributed by atoms with Crippen LogP contribution in [0.3, 0.4) is 0 Å². The third kappa shape index (κ3) is 2.67. The zero-order valence-corrected chi connectivity index (χ0v) is 18.7. The molecule has 4 atom stereocenters. The zero-order valence-electron chi connectivity index (χ0n) is 18.7. The number of nitrogens with zero attached hydrogens (tertiary/aromatic N) is 3. The van der Waals surface area contributed by atoms with Crippen LogP contribution in [0.25, 0.3) is 0 Å². The number of hydrogen-bond donors (Lipinski definition) is 1. The van der Waals surface area contributed by atoms with Crippen molar-refractivity contribution in [3.63, 3.8) is 0 Å². The summed E-state index contributed by atoms with van der Waals surface area (Å²) in [7, 11) is 2.78. The van der Waals surface area contributed by atoms with Gasteiger partial charge in [0.2, 0.25) is 17.1 Å². The molecule has 1 N–H and O–H groups in total. The van der Waals surface area contributed by atoms with Crippen LogP contribution in [-0.4, -0.2) is 26.1 Å². The molecule has 2 aliphatic heterocycles. The summed E-state index contributed by atoms with van der Waals surface area (Å²) in [5.41, 5.74) is -2.87. The van der Waals surface area contributed by atoms with Gasteiger partial charge < -0.3 is 18.9 Å². The van der Waals surface area contributed by atoms with Gasteiger partial charge in [-0.3, -0.25) is 5.41 Å². The standard InChI is InChI=1S/C25H20N4O5/c1-15-24(14-28)22(29)34-25(15,18-8-10-19(31-2)11-9-18)33-20(23(24,12-26)13-27)16-4-6-17(7-5-16)21(30)32-3/h4-11,15,20,29H,1-3H3. The molecule has 2 aliphatic rings. The summed E-state index contributed by atoms with van der Waals surface area (Å²) in [6.07, 6.45) is -1.27. The Morgan fingerprint density at radius 3 is 2.12 bits per heavy atom. The van der Waals surface area contributed by atoms with E-state index in [1.807, 2.05) is 12.1 Å². The number of nitrogens with one attached hydrogen (secondary N) is 1. The molecule has 34 heavy (non-hydrogen) atoms. The van der Waals surface area contributed by atoms with Crippen LogP contribution in [0.2, 0.25) is 0 Å². The summed E-state index contributed by atoms with van der Waals surface area (Å²) in [6.45, 7) is 1.63. The summed E-state index contributed by atoms with van der Waals surface area (Å²) in [4.78, 5) is 11.9. The predicted octanol–water partition coefficient (Wildman–Crippen LogP) is 3.59. The minimum Gasteiger partial charge on any atom is -0.497 e. The number of ether oxygens (including phenoxy) is 4. The molecule has 0 aromatic heterocycles. The number of carbonyl (C=O) groups is 1. The molecule has 2 aromatic rings. The van der Waals surface area contributed by atoms with Crippen molar-refractivity contribution in [2.45, 2.75) is 18.8 Å². The van der Waals surface area contributed by atoms with Crippen LogP contribution >= 0.6 is 0 Å². The third-order valence-corrected chi connectivity index (χ3v) is 6.80. The van der Waals surface area contributed by atoms with Crippen molar-refractivity contribution in [3.8, 4) is 24.0 Å². The molecule has 2 heterocycles. The molecule has 4 unspecified atom stereocenters. The highest BCUT2D eigenvalue weighted by molar-refractivity contribution is 5.90. The van der Waals surface area contributed by atoms with Gasteiger partial charge in [-0.25, -0.2) is 4.79 Å². The van der Waals surface area contributed by atoms with Gasteiger partial charge in [0.25, 0.3) is 0 Å². The van der Waals surface area contributed by atoms with E-state index in [1.54, 1.807) is 31.2 Å². The SMILES string of the molecule is COC(=O)c1ccc(C2OC3(c4ccc(OC)cc4)OC(=N)C(C#N)(C3C)C2(C#N)C#N)cc1. The van der Waals surface area contributed by atoms with E-state index in [1.165, 1.54) is 38.5 Å². The molecule has 0 radical (unpaired) electrons. The second-order valence-corrected chi connectivity index (χ2v) is 8.11. The number of fused-ring (bicyclic) bond motifs is 2. The number of hydrogen-bond acceptors (Lipinski definition) is 9. The Bertz CT molecular complexity index is 1270. The smallest absolute Gasteiger partial charge is 0.337 e. The van der Waals surface area contributed by atoms with Crippen LogP contribution in [0.5, 0.6) is 5.75 Å². The summed E-state index contributed by atoms with van der Waals surface area (Å²) in [5, 5.41) is 39.5. The monoisotopic (exact) mass is 456 g/mol. The largest absolute Gasteiger partial charge is 0.497 e. The minimum absolute atomic E-state index is 0.266. The third-order valence-electron chi connectivity index (χ3n) is 6.80. The molecule has 0 amide bonds. The molecule has 9 nitrogen and oxygen atoms in total. The van der Waals surface area contributed by atoms with E-state index in [0.29, 0.717) is 16.9 Å². The first-order valence-electron chi connectivity index (χ1n) is 10.3. The van der Waals surface area contributed by atoms with Gasteiger partial charge in [0.15, 0.2) is 5.41 Å². The van der Waals surface area contributed by atoms with Gasteiger partial charge in [0, 0.05) is 5.56 Å². The maximum atomic E-state index is 11.9. The molecule has 2 bridgehead atoms. The Kier molecular flexibility index (Phi) is 5.28. The summed E-state index contributed by atoms with van der Waals surface area (Å²) >= 11 is 0. The van der Waals surface area contributed by atoms with Crippen molar-refractivity contribution in [1.29, 1.82) is 21.2 Å². The minimum atomic E-state index is -2.10. The first-order chi connectivity index (χ1) is 16.3. The fourth-order valence-electron chi connectivity index (χ4n) is 4.90. The fraction of sp³-hybridized carbons (Fsp3) is 0.320. The number of benzene rings is 2. The molecule has 170 valence electrons. The summed E-state index contributed by atoms with van der Waals surface area (Å²) < 4.78 is 22.3. The van der Waals surface area contributed by atoms with E-state index >= 15 is 0 Å². The average Bonchev–Trinajstić information content (AvgIpc) is 3.04. The van der Waals surface area contributed by atoms with Gasteiger partial charge >= 0.3 is 5.97 Å². The maximum Gasteiger partial charge on any atom is 0.337 e. The van der Waals surface area contributed by atoms with Crippen molar-refractivity contribution >= 4 is 11.9 Å². The number of rotatable bonds is 4. The quantitative estimate of drug-likeness (QED) is 0.686. The normalized spacial score (nSPS) is 28.5. The highest BCUT2D eigenvalue weighted by Gasteiger charge is 2.79. The van der Waals surface area contributed by atoms with Crippen molar-refractivity contribution in [2.75, 3.05) is 14.2 Å². The summed E-state index contributed by atoms with van der Waals surface area (Å²) in [6, 6.07) is 18.9. The highest BCUT2D eigenvalue weighted by Crippen LogP contribution is 2.68. The summed E-state index contributed by atoms with van der Waals surface area (Å²) in [5.74, 6) is -2.96. The first-order valence-corrected chi connectivity index (χ1v) is 10.3. The average molecular weight is 456 g/mol. The van der Waals surface area contributed by atoms with Crippen LogP contribution in [-0.2, 0) is 20.0 Å². The van der Waals surface area contributed by atoms with Crippen molar-refractivity contribution in [2.24, 2.45) is 16.7 Å². The number of esters is 1. The first kappa shape index (κ1) is 22.8. The van der Waals surface area contributed by atoms with Gasteiger partial charge in [-0.15, -0.1) is 0 Å². The molecular weight excluding hydrogens is 436 g/mol. The topological polar surface area (TPSA) is 149 Å². The Morgan fingerprint density at radius 2 is 1.62 bits per heavy atom. The molecule has 9 heteroatoms. The van der Waals surface area contributed by atoms with Crippen LogP contribution in [0, 0.1) is 56.2 Å². The van der Waals surface area contributed by atoms with Crippen molar-refractivity contribution < 1.29 is 23.7 Å². The Hall–Kier alpha value is -4.39. The molecule has 0 saturated carbocycles. The fourth-order valence-corrected chi connectivity index (χ4v) is 4.90. The molecule has 0 aliphatic carbocycles. The van der Waals surface area contributed by atoms with E-state index in [2.05, 4.69) is 6.07 Å². The number of nitriles is 3. The Morgan fingerprint density at radius 1 is 1.00 bits per heavy atom. The Balaban J connectivity index is 1.95. The van der Waals surface area contributed by atoms with Crippen LogP contribution in [0.4, 0.5) is 0 Å². The second kappa shape index (κ2) is 7.88. The van der Waals surface area contributed by atoms with E-state index in [0.717, 1.165) is 0 Å². The van der Waals surface area contributed by atoms with Gasteiger partial charge in [-0.1, -0.05) is 19.1 Å². The van der Waals surface area contributed by atoms with Crippen molar-refractivity contribution in [1.82, 2.24) is 0 Å². The van der Waals surface area contributed by atoms with Crippen LogP contribution in [0.15, 0.2) is 48.5 Å². The lowest BCUT2D eigenvalue weighted by atomic mass is 9.53. The molecule has 0 spiro atoms. The number of methoxy groups -OCH3 is 2. The molecule has 2 aromatic carbocycles. The van der Waals surface area contributed by atoms with E-state index in [-0.39, 0.29) is 5.56 Å². The lowest BCUT2D eigenvalue weighted by Gasteiger charge is -2.48. The second-order valence-electron chi connectivity index (χ2n) is 8.11. The molecule has 2 fully saturated rings. The maximum absolute atomic E-state index is 11.9. The highest BCUT2D eigenvalue weighted by atomic mass is 16.7. The molecule has 4 rings (SSSR count). The lowest BCUT2D eigenvalue weighted by molar-refractivity contribution is -0.288. The van der Waals surface area contributed by atoms with Gasteiger partial charge in [-0.2, -0.15) is 15.8 Å².